The van der Waals surface area contributed by atoms with E-state index in [1.807, 2.05) is 0 Å². The van der Waals surface area contributed by atoms with Gasteiger partial charge in [0.1, 0.15) is 0 Å². The van der Waals surface area contributed by atoms with E-state index in [-0.39, 0.29) is 0 Å². The topological polar surface area (TPSA) is 26.0 Å². The normalized spacial score (nSPS) is 11.8. The van der Waals surface area contributed by atoms with Crippen LogP contribution in [0, 0.1) is 13.8 Å². The van der Waals surface area contributed by atoms with Crippen molar-refractivity contribution in [2.75, 3.05) is 5.73 Å². The Balaban J connectivity index is 3.29. The van der Waals surface area contributed by atoms with E-state index in [1.165, 1.54) is 0 Å². The molecule has 0 radical (unpaired) electrons. The lowest BCUT2D eigenvalue weighted by molar-refractivity contribution is -0.137. The van der Waals surface area contributed by atoms with Gasteiger partial charge in [0, 0.05) is 5.69 Å². The molecule has 1 aromatic rings. The maximum Gasteiger partial charge on any atom is 0.416 e. The van der Waals surface area contributed by atoms with Gasteiger partial charge in [-0.05, 0) is 37.1 Å². The van der Waals surface area contributed by atoms with Crippen LogP contribution in [0.4, 0.5) is 18.9 Å². The van der Waals surface area contributed by atoms with Gasteiger partial charge in [-0.1, -0.05) is 0 Å². The molecule has 1 rings (SSSR count). The summed E-state index contributed by atoms with van der Waals surface area (Å²) < 4.78 is 36.7. The van der Waals surface area contributed by atoms with Crippen LogP contribution in [0.1, 0.15) is 16.7 Å². The fraction of sp³-hybridized carbons (Fsp3) is 0.333. The first-order chi connectivity index (χ1) is 5.82. The van der Waals surface area contributed by atoms with Crippen molar-refractivity contribution in [2.24, 2.45) is 0 Å². The third-order valence-corrected chi connectivity index (χ3v) is 1.92. The highest BCUT2D eigenvalue weighted by Gasteiger charge is 2.31. The van der Waals surface area contributed by atoms with Gasteiger partial charge in [-0.2, -0.15) is 13.2 Å². The first kappa shape index (κ1) is 9.89. The molecule has 72 valence electrons. The van der Waals surface area contributed by atoms with Gasteiger partial charge in [0.05, 0.1) is 5.56 Å². The molecule has 1 nitrogen and oxygen atoms in total. The molecule has 0 aromatic heterocycles. The Morgan fingerprint density at radius 2 is 1.46 bits per heavy atom. The Morgan fingerprint density at radius 1 is 1.08 bits per heavy atom. The molecule has 0 atom stereocenters. The van der Waals surface area contributed by atoms with E-state index in [1.54, 1.807) is 13.8 Å². The second-order valence-corrected chi connectivity index (χ2v) is 3.02. The lowest BCUT2D eigenvalue weighted by Crippen LogP contribution is -2.07. The number of benzene rings is 1. The maximum atomic E-state index is 12.2. The summed E-state index contributed by atoms with van der Waals surface area (Å²) in [7, 11) is 0. The lowest BCUT2D eigenvalue weighted by atomic mass is 10.0. The highest BCUT2D eigenvalue weighted by atomic mass is 19.4. The van der Waals surface area contributed by atoms with Crippen molar-refractivity contribution in [1.82, 2.24) is 0 Å². The smallest absolute Gasteiger partial charge is 0.398 e. The van der Waals surface area contributed by atoms with E-state index in [0.717, 1.165) is 12.1 Å². The minimum absolute atomic E-state index is 0.424. The SMILES string of the molecule is Cc1cc(C(F)(F)F)cc(C)c1N. The molecular formula is C9H10F3N. The quantitative estimate of drug-likeness (QED) is 0.624. The summed E-state index contributed by atoms with van der Waals surface area (Å²) in [6.07, 6.45) is -4.29. The number of aryl methyl sites for hydroxylation is 2. The molecule has 0 bridgehead atoms. The van der Waals surface area contributed by atoms with Crippen molar-refractivity contribution < 1.29 is 13.2 Å². The van der Waals surface area contributed by atoms with Gasteiger partial charge in [0.15, 0.2) is 0 Å². The maximum absolute atomic E-state index is 12.2. The highest BCUT2D eigenvalue weighted by molar-refractivity contribution is 5.54. The largest absolute Gasteiger partial charge is 0.416 e. The van der Waals surface area contributed by atoms with Crippen LogP contribution >= 0.6 is 0 Å². The van der Waals surface area contributed by atoms with Gasteiger partial charge < -0.3 is 5.73 Å². The van der Waals surface area contributed by atoms with Crippen LogP contribution in [0.25, 0.3) is 0 Å². The molecule has 4 heteroatoms. The van der Waals surface area contributed by atoms with Gasteiger partial charge in [0.25, 0.3) is 0 Å². The summed E-state index contributed by atoms with van der Waals surface area (Å²) in [5.74, 6) is 0. The molecule has 1 aromatic carbocycles. The van der Waals surface area contributed by atoms with E-state index in [9.17, 15) is 13.2 Å². The molecule has 0 heterocycles. The number of alkyl halides is 3. The number of anilines is 1. The zero-order valence-corrected chi connectivity index (χ0v) is 7.37. The van der Waals surface area contributed by atoms with E-state index in [2.05, 4.69) is 0 Å². The predicted octanol–water partition coefficient (Wildman–Crippen LogP) is 2.90. The average Bonchev–Trinajstić information content (AvgIpc) is 1.97. The Labute approximate surface area is 74.4 Å². The fourth-order valence-electron chi connectivity index (χ4n) is 1.14. The molecule has 0 aliphatic rings. The van der Waals surface area contributed by atoms with E-state index >= 15 is 0 Å². The van der Waals surface area contributed by atoms with Crippen LogP contribution in [0.5, 0.6) is 0 Å². The van der Waals surface area contributed by atoms with E-state index in [0.29, 0.717) is 16.8 Å². The third-order valence-electron chi connectivity index (χ3n) is 1.92. The van der Waals surface area contributed by atoms with Crippen molar-refractivity contribution in [3.8, 4) is 0 Å². The van der Waals surface area contributed by atoms with Gasteiger partial charge in [-0.25, -0.2) is 0 Å². The predicted molar refractivity (Wildman–Crippen MR) is 45.3 cm³/mol. The van der Waals surface area contributed by atoms with Crippen LogP contribution < -0.4 is 5.73 Å². The van der Waals surface area contributed by atoms with E-state index < -0.39 is 11.7 Å². The van der Waals surface area contributed by atoms with E-state index in [4.69, 9.17) is 5.73 Å². The average molecular weight is 189 g/mol. The lowest BCUT2D eigenvalue weighted by Gasteiger charge is -2.11. The van der Waals surface area contributed by atoms with Crippen LogP contribution in [0.3, 0.4) is 0 Å². The highest BCUT2D eigenvalue weighted by Crippen LogP contribution is 2.32. The molecule has 13 heavy (non-hydrogen) atoms. The van der Waals surface area contributed by atoms with Crippen molar-refractivity contribution in [1.29, 1.82) is 0 Å². The number of nitrogens with two attached hydrogens (primary N) is 1. The standard InChI is InChI=1S/C9H10F3N/c1-5-3-7(9(10,11)12)4-6(2)8(5)13/h3-4H,13H2,1-2H3. The summed E-state index contributed by atoms with van der Waals surface area (Å²) in [4.78, 5) is 0. The number of hydrogen-bond acceptors (Lipinski definition) is 1. The summed E-state index contributed by atoms with van der Waals surface area (Å²) >= 11 is 0. The Bertz CT molecular complexity index is 305. The second kappa shape index (κ2) is 2.94. The van der Waals surface area contributed by atoms with Crippen molar-refractivity contribution in [2.45, 2.75) is 20.0 Å². The van der Waals surface area contributed by atoms with Crippen molar-refractivity contribution in [3.63, 3.8) is 0 Å². The third kappa shape index (κ3) is 1.94. The molecule has 0 saturated carbocycles. The molecule has 0 amide bonds. The van der Waals surface area contributed by atoms with Crippen molar-refractivity contribution in [3.05, 3.63) is 28.8 Å². The fourth-order valence-corrected chi connectivity index (χ4v) is 1.14. The van der Waals surface area contributed by atoms with Crippen molar-refractivity contribution >= 4 is 5.69 Å². The molecule has 0 spiro atoms. The second-order valence-electron chi connectivity index (χ2n) is 3.02. The molecular weight excluding hydrogens is 179 g/mol. The summed E-state index contributed by atoms with van der Waals surface area (Å²) in [5, 5.41) is 0. The molecule has 0 fully saturated rings. The summed E-state index contributed by atoms with van der Waals surface area (Å²) in [5.41, 5.74) is 6.24. The number of rotatable bonds is 0. The van der Waals surface area contributed by atoms with Crippen LogP contribution in [-0.2, 0) is 6.18 Å². The molecule has 0 aliphatic heterocycles. The molecule has 0 saturated heterocycles. The number of halogens is 3. The summed E-state index contributed by atoms with van der Waals surface area (Å²) in [6, 6.07) is 2.12. The van der Waals surface area contributed by atoms with Crippen LogP contribution in [0.15, 0.2) is 12.1 Å². The van der Waals surface area contributed by atoms with Crippen LogP contribution in [-0.4, -0.2) is 0 Å². The van der Waals surface area contributed by atoms with Gasteiger partial charge in [0.2, 0.25) is 0 Å². The zero-order chi connectivity index (χ0) is 10.2. The monoisotopic (exact) mass is 189 g/mol. The van der Waals surface area contributed by atoms with Gasteiger partial charge in [-0.3, -0.25) is 0 Å². The first-order valence-electron chi connectivity index (χ1n) is 3.76. The Hall–Kier alpha value is -1.19. The summed E-state index contributed by atoms with van der Waals surface area (Å²) in [6.45, 7) is 3.13. The number of nitrogen functional groups attached to an aromatic ring is 1. The molecule has 2 N–H and O–H groups in total. The van der Waals surface area contributed by atoms with Gasteiger partial charge >= 0.3 is 6.18 Å². The van der Waals surface area contributed by atoms with Crippen LogP contribution in [0.2, 0.25) is 0 Å². The Morgan fingerprint density at radius 3 is 1.77 bits per heavy atom. The minimum Gasteiger partial charge on any atom is -0.398 e. The zero-order valence-electron chi connectivity index (χ0n) is 7.37. The molecule has 0 aliphatic carbocycles. The molecule has 0 unspecified atom stereocenters. The van der Waals surface area contributed by atoms with Gasteiger partial charge in [-0.15, -0.1) is 0 Å². The number of hydrogen-bond donors (Lipinski definition) is 1. The Kier molecular flexibility index (Phi) is 2.24. The first-order valence-corrected chi connectivity index (χ1v) is 3.76. The minimum atomic E-state index is -4.29.